The number of nitrogens with one attached hydrogen (secondary N) is 1. The molecule has 3 rings (SSSR count). The molecule has 0 bridgehead atoms. The van der Waals surface area contributed by atoms with E-state index in [1.54, 1.807) is 16.9 Å². The minimum absolute atomic E-state index is 0.142. The van der Waals surface area contributed by atoms with Crippen molar-refractivity contribution in [3.63, 3.8) is 0 Å². The lowest BCUT2D eigenvalue weighted by Gasteiger charge is -2.04. The first-order chi connectivity index (χ1) is 10.8. The maximum absolute atomic E-state index is 12.0. The summed E-state index contributed by atoms with van der Waals surface area (Å²) in [4.78, 5) is 12.0. The SMILES string of the molecule is O=C(NCCCOCC1CC1)c1ccn(-c2ccccc2)n1. The third-order valence-electron chi connectivity index (χ3n) is 3.64. The molecule has 1 N–H and O–H groups in total. The highest BCUT2D eigenvalue weighted by Gasteiger charge is 2.20. The van der Waals surface area contributed by atoms with E-state index in [1.807, 2.05) is 30.3 Å². The number of carbonyl (C=O) groups is 1. The number of para-hydroxylation sites is 1. The zero-order chi connectivity index (χ0) is 15.2. The number of aromatic nitrogens is 2. The monoisotopic (exact) mass is 299 g/mol. The van der Waals surface area contributed by atoms with E-state index in [1.165, 1.54) is 12.8 Å². The van der Waals surface area contributed by atoms with Gasteiger partial charge in [-0.15, -0.1) is 0 Å². The Morgan fingerprint density at radius 3 is 2.86 bits per heavy atom. The summed E-state index contributed by atoms with van der Waals surface area (Å²) in [5.74, 6) is 0.647. The van der Waals surface area contributed by atoms with Crippen LogP contribution in [0.25, 0.3) is 5.69 Å². The zero-order valence-electron chi connectivity index (χ0n) is 12.6. The maximum atomic E-state index is 12.0. The maximum Gasteiger partial charge on any atom is 0.271 e. The Kier molecular flexibility index (Phi) is 4.85. The summed E-state index contributed by atoms with van der Waals surface area (Å²) in [6, 6.07) is 11.5. The number of hydrogen-bond acceptors (Lipinski definition) is 3. The third kappa shape index (κ3) is 4.18. The van der Waals surface area contributed by atoms with Crippen molar-refractivity contribution < 1.29 is 9.53 Å². The van der Waals surface area contributed by atoms with Crippen LogP contribution in [0, 0.1) is 5.92 Å². The average molecular weight is 299 g/mol. The van der Waals surface area contributed by atoms with Gasteiger partial charge in [0.15, 0.2) is 5.69 Å². The van der Waals surface area contributed by atoms with Gasteiger partial charge >= 0.3 is 0 Å². The molecule has 1 aliphatic rings. The topological polar surface area (TPSA) is 56.1 Å². The fraction of sp³-hybridized carbons (Fsp3) is 0.412. The predicted octanol–water partition coefficient (Wildman–Crippen LogP) is 2.42. The largest absolute Gasteiger partial charge is 0.381 e. The molecule has 0 saturated heterocycles. The lowest BCUT2D eigenvalue weighted by atomic mass is 10.3. The Morgan fingerprint density at radius 1 is 1.27 bits per heavy atom. The summed E-state index contributed by atoms with van der Waals surface area (Å²) in [5.41, 5.74) is 1.37. The van der Waals surface area contributed by atoms with Gasteiger partial charge in [-0.3, -0.25) is 4.79 Å². The molecule has 5 nitrogen and oxygen atoms in total. The van der Waals surface area contributed by atoms with Gasteiger partial charge in [0.05, 0.1) is 5.69 Å². The Labute approximate surface area is 130 Å². The van der Waals surface area contributed by atoms with Gasteiger partial charge in [-0.05, 0) is 43.4 Å². The molecule has 0 atom stereocenters. The summed E-state index contributed by atoms with van der Waals surface area (Å²) in [6.07, 6.45) is 5.24. The first-order valence-corrected chi connectivity index (χ1v) is 7.80. The summed E-state index contributed by atoms with van der Waals surface area (Å²) >= 11 is 0. The van der Waals surface area contributed by atoms with E-state index in [0.29, 0.717) is 18.8 Å². The predicted molar refractivity (Wildman–Crippen MR) is 84.1 cm³/mol. The molecule has 0 radical (unpaired) electrons. The average Bonchev–Trinajstić information content (AvgIpc) is 3.24. The molecular weight excluding hydrogens is 278 g/mol. The summed E-state index contributed by atoms with van der Waals surface area (Å²) in [5, 5.41) is 7.17. The van der Waals surface area contributed by atoms with Crippen LogP contribution >= 0.6 is 0 Å². The van der Waals surface area contributed by atoms with Crippen molar-refractivity contribution in [3.05, 3.63) is 48.3 Å². The highest BCUT2D eigenvalue weighted by atomic mass is 16.5. The van der Waals surface area contributed by atoms with E-state index >= 15 is 0 Å². The minimum Gasteiger partial charge on any atom is -0.381 e. The number of ether oxygens (including phenoxy) is 1. The van der Waals surface area contributed by atoms with Crippen molar-refractivity contribution >= 4 is 5.91 Å². The van der Waals surface area contributed by atoms with E-state index < -0.39 is 0 Å². The Hall–Kier alpha value is -2.14. The number of hydrogen-bond donors (Lipinski definition) is 1. The number of rotatable bonds is 8. The smallest absolute Gasteiger partial charge is 0.271 e. The first kappa shape index (κ1) is 14.8. The van der Waals surface area contributed by atoms with Crippen LogP contribution in [0.15, 0.2) is 42.6 Å². The second kappa shape index (κ2) is 7.22. The summed E-state index contributed by atoms with van der Waals surface area (Å²) < 4.78 is 7.24. The van der Waals surface area contributed by atoms with Gasteiger partial charge in [0, 0.05) is 26.0 Å². The van der Waals surface area contributed by atoms with Crippen LogP contribution < -0.4 is 5.32 Å². The van der Waals surface area contributed by atoms with Crippen LogP contribution in [0.1, 0.15) is 29.8 Å². The van der Waals surface area contributed by atoms with Gasteiger partial charge in [-0.1, -0.05) is 18.2 Å². The van der Waals surface area contributed by atoms with E-state index in [0.717, 1.165) is 24.6 Å². The molecule has 1 amide bonds. The second-order valence-corrected chi connectivity index (χ2v) is 5.61. The fourth-order valence-corrected chi connectivity index (χ4v) is 2.17. The molecule has 5 heteroatoms. The number of carbonyl (C=O) groups excluding carboxylic acids is 1. The lowest BCUT2D eigenvalue weighted by Crippen LogP contribution is -2.25. The van der Waals surface area contributed by atoms with Gasteiger partial charge in [-0.2, -0.15) is 5.10 Å². The summed E-state index contributed by atoms with van der Waals surface area (Å²) in [7, 11) is 0. The normalized spacial score (nSPS) is 14.0. The number of benzene rings is 1. The van der Waals surface area contributed by atoms with Crippen LogP contribution in [0.4, 0.5) is 0 Å². The van der Waals surface area contributed by atoms with Gasteiger partial charge in [0.1, 0.15) is 0 Å². The summed E-state index contributed by atoms with van der Waals surface area (Å²) in [6.45, 7) is 2.19. The second-order valence-electron chi connectivity index (χ2n) is 5.61. The Bertz CT molecular complexity index is 605. The molecule has 22 heavy (non-hydrogen) atoms. The quantitative estimate of drug-likeness (QED) is 0.762. The first-order valence-electron chi connectivity index (χ1n) is 7.80. The van der Waals surface area contributed by atoms with Crippen molar-refractivity contribution in [2.24, 2.45) is 5.92 Å². The van der Waals surface area contributed by atoms with Crippen LogP contribution in [-0.2, 0) is 4.74 Å². The van der Waals surface area contributed by atoms with Crippen LogP contribution in [0.2, 0.25) is 0 Å². The lowest BCUT2D eigenvalue weighted by molar-refractivity contribution is 0.0932. The molecule has 0 aliphatic heterocycles. The third-order valence-corrected chi connectivity index (χ3v) is 3.64. The van der Waals surface area contributed by atoms with Crippen molar-refractivity contribution in [1.29, 1.82) is 0 Å². The molecule has 116 valence electrons. The van der Waals surface area contributed by atoms with E-state index in [-0.39, 0.29) is 5.91 Å². The molecule has 0 unspecified atom stereocenters. The van der Waals surface area contributed by atoms with Crippen molar-refractivity contribution in [2.75, 3.05) is 19.8 Å². The Morgan fingerprint density at radius 2 is 2.09 bits per heavy atom. The van der Waals surface area contributed by atoms with Gasteiger partial charge in [0.25, 0.3) is 5.91 Å². The highest BCUT2D eigenvalue weighted by molar-refractivity contribution is 5.92. The van der Waals surface area contributed by atoms with Gasteiger partial charge in [-0.25, -0.2) is 4.68 Å². The molecule has 1 aliphatic carbocycles. The van der Waals surface area contributed by atoms with Gasteiger partial charge < -0.3 is 10.1 Å². The standard InChI is InChI=1S/C17H21N3O2/c21-17(18-10-4-12-22-13-14-7-8-14)16-9-11-20(19-16)15-5-2-1-3-6-15/h1-3,5-6,9,11,14H,4,7-8,10,12-13H2,(H,18,21). The fourth-order valence-electron chi connectivity index (χ4n) is 2.17. The molecule has 1 aromatic carbocycles. The van der Waals surface area contributed by atoms with Crippen molar-refractivity contribution in [3.8, 4) is 5.69 Å². The van der Waals surface area contributed by atoms with E-state index in [2.05, 4.69) is 10.4 Å². The van der Waals surface area contributed by atoms with Crippen LogP contribution in [-0.4, -0.2) is 35.4 Å². The number of nitrogens with zero attached hydrogens (tertiary/aromatic N) is 2. The number of amides is 1. The van der Waals surface area contributed by atoms with E-state index in [4.69, 9.17) is 4.74 Å². The van der Waals surface area contributed by atoms with E-state index in [9.17, 15) is 4.79 Å². The molecular formula is C17H21N3O2. The minimum atomic E-state index is -0.142. The molecule has 0 spiro atoms. The van der Waals surface area contributed by atoms with Crippen molar-refractivity contribution in [1.82, 2.24) is 15.1 Å². The highest BCUT2D eigenvalue weighted by Crippen LogP contribution is 2.28. The van der Waals surface area contributed by atoms with Gasteiger partial charge in [0.2, 0.25) is 0 Å². The van der Waals surface area contributed by atoms with Crippen molar-refractivity contribution in [2.45, 2.75) is 19.3 Å². The molecule has 1 heterocycles. The van der Waals surface area contributed by atoms with Crippen LogP contribution in [0.5, 0.6) is 0 Å². The molecule has 1 fully saturated rings. The molecule has 1 aromatic heterocycles. The van der Waals surface area contributed by atoms with Crippen LogP contribution in [0.3, 0.4) is 0 Å². The molecule has 1 saturated carbocycles. The zero-order valence-corrected chi connectivity index (χ0v) is 12.6. The molecule has 2 aromatic rings. The Balaban J connectivity index is 1.41.